The lowest BCUT2D eigenvalue weighted by Gasteiger charge is -2.32. The standard InChI is InChI=1S/C12H14BrNO/c1-7-4-8-10(5-9(7)13)14-11(15)6-12(8,2)3/h4-5H,6H2,1-3H3,(H,14,15). The van der Waals surface area contributed by atoms with Crippen LogP contribution in [0.15, 0.2) is 16.6 Å². The highest BCUT2D eigenvalue weighted by Crippen LogP contribution is 2.39. The second kappa shape index (κ2) is 3.34. The molecule has 0 aliphatic carbocycles. The van der Waals surface area contributed by atoms with Crippen molar-refractivity contribution in [3.05, 3.63) is 27.7 Å². The number of rotatable bonds is 0. The Morgan fingerprint density at radius 2 is 2.07 bits per heavy atom. The van der Waals surface area contributed by atoms with E-state index in [1.54, 1.807) is 0 Å². The van der Waals surface area contributed by atoms with Crippen LogP contribution in [0.5, 0.6) is 0 Å². The summed E-state index contributed by atoms with van der Waals surface area (Å²) in [6, 6.07) is 4.14. The third-order valence-corrected chi connectivity index (χ3v) is 3.76. The highest BCUT2D eigenvalue weighted by Gasteiger charge is 2.32. The van der Waals surface area contributed by atoms with Crippen molar-refractivity contribution in [3.63, 3.8) is 0 Å². The molecule has 0 radical (unpaired) electrons. The minimum atomic E-state index is -0.0663. The van der Waals surface area contributed by atoms with Gasteiger partial charge in [0.1, 0.15) is 0 Å². The lowest BCUT2D eigenvalue weighted by Crippen LogP contribution is -2.32. The van der Waals surface area contributed by atoms with Gasteiger partial charge in [0.15, 0.2) is 0 Å². The van der Waals surface area contributed by atoms with Crippen LogP contribution in [0.2, 0.25) is 0 Å². The van der Waals surface area contributed by atoms with Gasteiger partial charge in [-0.2, -0.15) is 0 Å². The highest BCUT2D eigenvalue weighted by molar-refractivity contribution is 9.10. The van der Waals surface area contributed by atoms with E-state index in [1.165, 1.54) is 11.1 Å². The van der Waals surface area contributed by atoms with Crippen LogP contribution >= 0.6 is 15.9 Å². The van der Waals surface area contributed by atoms with Crippen LogP contribution in [0.3, 0.4) is 0 Å². The first kappa shape index (κ1) is 10.7. The van der Waals surface area contributed by atoms with E-state index in [4.69, 9.17) is 0 Å². The van der Waals surface area contributed by atoms with Gasteiger partial charge < -0.3 is 5.32 Å². The Hall–Kier alpha value is -0.830. The molecular weight excluding hydrogens is 254 g/mol. The van der Waals surface area contributed by atoms with E-state index in [1.807, 2.05) is 6.07 Å². The number of fused-ring (bicyclic) bond motifs is 1. The van der Waals surface area contributed by atoms with Crippen molar-refractivity contribution >= 4 is 27.5 Å². The zero-order chi connectivity index (χ0) is 11.2. The number of halogens is 1. The highest BCUT2D eigenvalue weighted by atomic mass is 79.9. The Balaban J connectivity index is 2.62. The van der Waals surface area contributed by atoms with E-state index < -0.39 is 0 Å². The number of carbonyl (C=O) groups excluding carboxylic acids is 1. The second-order valence-electron chi connectivity index (χ2n) is 4.76. The molecule has 1 aromatic rings. The summed E-state index contributed by atoms with van der Waals surface area (Å²) in [7, 11) is 0. The molecule has 15 heavy (non-hydrogen) atoms. The Morgan fingerprint density at radius 3 is 2.73 bits per heavy atom. The molecule has 1 heterocycles. The van der Waals surface area contributed by atoms with E-state index >= 15 is 0 Å². The van der Waals surface area contributed by atoms with Gasteiger partial charge in [-0.1, -0.05) is 35.8 Å². The first-order valence-corrected chi connectivity index (χ1v) is 5.80. The van der Waals surface area contributed by atoms with Crippen LogP contribution in [-0.2, 0) is 10.2 Å². The van der Waals surface area contributed by atoms with Gasteiger partial charge in [0.2, 0.25) is 5.91 Å². The predicted octanol–water partition coefficient (Wildman–Crippen LogP) is 3.38. The van der Waals surface area contributed by atoms with Gasteiger partial charge in [0.05, 0.1) is 0 Å². The van der Waals surface area contributed by atoms with E-state index in [0.29, 0.717) is 6.42 Å². The van der Waals surface area contributed by atoms with Gasteiger partial charge in [-0.3, -0.25) is 4.79 Å². The number of benzene rings is 1. The molecule has 0 unspecified atom stereocenters. The molecule has 1 aromatic carbocycles. The molecule has 0 bridgehead atoms. The van der Waals surface area contributed by atoms with E-state index in [9.17, 15) is 4.79 Å². The van der Waals surface area contributed by atoms with Gasteiger partial charge >= 0.3 is 0 Å². The SMILES string of the molecule is Cc1cc2c(cc1Br)NC(=O)CC2(C)C. The molecular formula is C12H14BrNO. The predicted molar refractivity (Wildman–Crippen MR) is 65.2 cm³/mol. The average Bonchev–Trinajstić information content (AvgIpc) is 2.07. The summed E-state index contributed by atoms with van der Waals surface area (Å²) in [5.41, 5.74) is 3.30. The van der Waals surface area contributed by atoms with Gasteiger partial charge in [0.25, 0.3) is 0 Å². The summed E-state index contributed by atoms with van der Waals surface area (Å²) in [5, 5.41) is 2.91. The number of amides is 1. The molecule has 0 aromatic heterocycles. The Morgan fingerprint density at radius 1 is 1.40 bits per heavy atom. The van der Waals surface area contributed by atoms with Crippen LogP contribution in [0.25, 0.3) is 0 Å². The molecule has 0 atom stereocenters. The number of hydrogen-bond donors (Lipinski definition) is 1. The molecule has 2 rings (SSSR count). The maximum atomic E-state index is 11.5. The van der Waals surface area contributed by atoms with Crippen molar-refractivity contribution in [3.8, 4) is 0 Å². The molecule has 1 N–H and O–H groups in total. The average molecular weight is 268 g/mol. The Bertz CT molecular complexity index is 437. The fourth-order valence-electron chi connectivity index (χ4n) is 2.04. The van der Waals surface area contributed by atoms with Crippen LogP contribution in [0, 0.1) is 6.92 Å². The molecule has 2 nitrogen and oxygen atoms in total. The molecule has 80 valence electrons. The van der Waals surface area contributed by atoms with Crippen molar-refractivity contribution in [2.45, 2.75) is 32.6 Å². The fourth-order valence-corrected chi connectivity index (χ4v) is 2.38. The summed E-state index contributed by atoms with van der Waals surface area (Å²) in [6.07, 6.45) is 0.557. The van der Waals surface area contributed by atoms with Gasteiger partial charge in [-0.25, -0.2) is 0 Å². The molecule has 0 spiro atoms. The first-order valence-electron chi connectivity index (χ1n) is 5.00. The third kappa shape index (κ3) is 1.81. The second-order valence-corrected chi connectivity index (χ2v) is 5.61. The zero-order valence-electron chi connectivity index (χ0n) is 9.15. The van der Waals surface area contributed by atoms with Crippen LogP contribution in [-0.4, -0.2) is 5.91 Å². The van der Waals surface area contributed by atoms with E-state index in [2.05, 4.69) is 48.1 Å². The number of hydrogen-bond acceptors (Lipinski definition) is 1. The summed E-state index contributed by atoms with van der Waals surface area (Å²) >= 11 is 3.48. The van der Waals surface area contributed by atoms with Gasteiger partial charge in [0, 0.05) is 22.0 Å². The van der Waals surface area contributed by atoms with Crippen molar-refractivity contribution in [1.29, 1.82) is 0 Å². The molecule has 1 aliphatic heterocycles. The molecule has 1 aliphatic rings. The third-order valence-electron chi connectivity index (χ3n) is 2.90. The van der Waals surface area contributed by atoms with Crippen molar-refractivity contribution in [2.75, 3.05) is 5.32 Å². The topological polar surface area (TPSA) is 29.1 Å². The summed E-state index contributed by atoms with van der Waals surface area (Å²) in [6.45, 7) is 6.28. The van der Waals surface area contributed by atoms with Crippen LogP contribution < -0.4 is 5.32 Å². The normalized spacial score (nSPS) is 18.3. The van der Waals surface area contributed by atoms with Crippen molar-refractivity contribution < 1.29 is 4.79 Å². The monoisotopic (exact) mass is 267 g/mol. The summed E-state index contributed by atoms with van der Waals surface area (Å²) in [5.74, 6) is 0.100. The summed E-state index contributed by atoms with van der Waals surface area (Å²) in [4.78, 5) is 11.5. The van der Waals surface area contributed by atoms with Crippen molar-refractivity contribution in [2.24, 2.45) is 0 Å². The fraction of sp³-hybridized carbons (Fsp3) is 0.417. The Kier molecular flexibility index (Phi) is 2.38. The maximum Gasteiger partial charge on any atom is 0.225 e. The molecule has 0 fully saturated rings. The number of carbonyl (C=O) groups is 1. The largest absolute Gasteiger partial charge is 0.326 e. The number of anilines is 1. The van der Waals surface area contributed by atoms with E-state index in [-0.39, 0.29) is 11.3 Å². The van der Waals surface area contributed by atoms with Gasteiger partial charge in [-0.15, -0.1) is 0 Å². The zero-order valence-corrected chi connectivity index (χ0v) is 10.7. The lowest BCUT2D eigenvalue weighted by atomic mass is 9.77. The van der Waals surface area contributed by atoms with Crippen LogP contribution in [0.4, 0.5) is 5.69 Å². The lowest BCUT2D eigenvalue weighted by molar-refractivity contribution is -0.117. The Labute approximate surface area is 98.2 Å². The maximum absolute atomic E-state index is 11.5. The molecule has 0 saturated carbocycles. The smallest absolute Gasteiger partial charge is 0.225 e. The molecule has 1 amide bonds. The minimum absolute atomic E-state index is 0.0663. The quantitative estimate of drug-likeness (QED) is 0.767. The number of nitrogens with one attached hydrogen (secondary N) is 1. The first-order chi connectivity index (χ1) is 6.90. The summed E-state index contributed by atoms with van der Waals surface area (Å²) < 4.78 is 1.04. The molecule has 3 heteroatoms. The van der Waals surface area contributed by atoms with Gasteiger partial charge in [-0.05, 0) is 24.1 Å². The number of aryl methyl sites for hydroxylation is 1. The van der Waals surface area contributed by atoms with Crippen LogP contribution in [0.1, 0.15) is 31.4 Å². The molecule has 0 saturated heterocycles. The van der Waals surface area contributed by atoms with Crippen molar-refractivity contribution in [1.82, 2.24) is 0 Å². The van der Waals surface area contributed by atoms with E-state index in [0.717, 1.165) is 10.2 Å². The minimum Gasteiger partial charge on any atom is -0.326 e.